The predicted molar refractivity (Wildman–Crippen MR) is 144 cm³/mol. The number of aromatic nitrogens is 3. The molecule has 0 aliphatic heterocycles. The number of hydrogen-bond donors (Lipinski definition) is 1. The topological polar surface area (TPSA) is 103 Å². The maximum Gasteiger partial charge on any atom is 0.263 e. The standard InChI is InChI=1S/C28H27ClN4O4/c1-16(2)31-25(35)14-33-27(19-6-5-7-23(11-19)37-17(3)4)32-26-24(28(33)36)12-21(13-30-26)20-8-18(15-34)9-22(29)10-20/h5-13,15-17H,14H2,1-4H3,(H,31,35). The third kappa shape index (κ3) is 6.03. The Hall–Kier alpha value is -4.04. The van der Waals surface area contributed by atoms with Crippen LogP contribution in [0.3, 0.4) is 0 Å². The van der Waals surface area contributed by atoms with E-state index in [1.54, 1.807) is 42.6 Å². The van der Waals surface area contributed by atoms with E-state index in [9.17, 15) is 14.4 Å². The van der Waals surface area contributed by atoms with Gasteiger partial charge in [-0.2, -0.15) is 0 Å². The van der Waals surface area contributed by atoms with Crippen molar-refractivity contribution in [3.05, 3.63) is 75.7 Å². The number of rotatable bonds is 8. The molecule has 1 N–H and O–H groups in total. The highest BCUT2D eigenvalue weighted by Crippen LogP contribution is 2.27. The summed E-state index contributed by atoms with van der Waals surface area (Å²) in [5, 5.41) is 3.45. The van der Waals surface area contributed by atoms with Gasteiger partial charge in [0.25, 0.3) is 5.56 Å². The van der Waals surface area contributed by atoms with E-state index in [-0.39, 0.29) is 35.6 Å². The molecule has 0 aliphatic carbocycles. The lowest BCUT2D eigenvalue weighted by molar-refractivity contribution is -0.122. The number of carbonyl (C=O) groups is 2. The number of fused-ring (bicyclic) bond motifs is 1. The van der Waals surface area contributed by atoms with Crippen LogP contribution in [0.1, 0.15) is 38.1 Å². The number of halogens is 1. The highest BCUT2D eigenvalue weighted by molar-refractivity contribution is 6.31. The number of carbonyl (C=O) groups excluding carboxylic acids is 2. The predicted octanol–water partition coefficient (Wildman–Crippen LogP) is 4.90. The van der Waals surface area contributed by atoms with E-state index in [4.69, 9.17) is 16.3 Å². The number of aldehydes is 1. The lowest BCUT2D eigenvalue weighted by atomic mass is 10.0. The summed E-state index contributed by atoms with van der Waals surface area (Å²) in [7, 11) is 0. The fourth-order valence-corrected chi connectivity index (χ4v) is 4.21. The third-order valence-electron chi connectivity index (χ3n) is 5.41. The van der Waals surface area contributed by atoms with Gasteiger partial charge in [0.2, 0.25) is 5.91 Å². The molecule has 0 saturated carbocycles. The molecule has 0 fully saturated rings. The molecule has 9 heteroatoms. The van der Waals surface area contributed by atoms with Crippen LogP contribution in [0, 0.1) is 0 Å². The van der Waals surface area contributed by atoms with Gasteiger partial charge in [-0.1, -0.05) is 23.7 Å². The average molecular weight is 519 g/mol. The first kappa shape index (κ1) is 26.0. The molecule has 4 rings (SSSR count). The van der Waals surface area contributed by atoms with Gasteiger partial charge in [0.1, 0.15) is 24.4 Å². The van der Waals surface area contributed by atoms with Gasteiger partial charge >= 0.3 is 0 Å². The number of hydrogen-bond acceptors (Lipinski definition) is 6. The first-order valence-electron chi connectivity index (χ1n) is 11.9. The van der Waals surface area contributed by atoms with Gasteiger partial charge in [-0.15, -0.1) is 0 Å². The molecule has 2 heterocycles. The monoisotopic (exact) mass is 518 g/mol. The van der Waals surface area contributed by atoms with Crippen LogP contribution < -0.4 is 15.6 Å². The van der Waals surface area contributed by atoms with Crippen LogP contribution in [0.15, 0.2) is 59.5 Å². The second-order valence-electron chi connectivity index (χ2n) is 9.23. The summed E-state index contributed by atoms with van der Waals surface area (Å²) in [6.45, 7) is 7.32. The van der Waals surface area contributed by atoms with Crippen LogP contribution in [-0.2, 0) is 11.3 Å². The molecule has 1 amide bonds. The fourth-order valence-electron chi connectivity index (χ4n) is 3.97. The minimum atomic E-state index is -0.416. The van der Waals surface area contributed by atoms with Gasteiger partial charge in [-0.3, -0.25) is 19.0 Å². The van der Waals surface area contributed by atoms with Gasteiger partial charge in [0, 0.05) is 34.0 Å². The zero-order valence-electron chi connectivity index (χ0n) is 21.0. The van der Waals surface area contributed by atoms with Crippen molar-refractivity contribution in [2.45, 2.75) is 46.4 Å². The number of ether oxygens (including phenoxy) is 1. The SMILES string of the molecule is CC(C)NC(=O)Cn1c(-c2cccc(OC(C)C)c2)nc2ncc(-c3cc(Cl)cc(C=O)c3)cc2c1=O. The number of nitrogens with zero attached hydrogens (tertiary/aromatic N) is 3. The Bertz CT molecular complexity index is 1550. The molecule has 0 atom stereocenters. The zero-order valence-corrected chi connectivity index (χ0v) is 21.7. The number of pyridine rings is 1. The number of amides is 1. The maximum absolute atomic E-state index is 13.8. The lowest BCUT2D eigenvalue weighted by Crippen LogP contribution is -2.37. The highest BCUT2D eigenvalue weighted by atomic mass is 35.5. The molecular formula is C28H27ClN4O4. The van der Waals surface area contributed by atoms with Crippen LogP contribution >= 0.6 is 11.6 Å². The van der Waals surface area contributed by atoms with Gasteiger partial charge in [-0.25, -0.2) is 9.97 Å². The summed E-state index contributed by atoms with van der Waals surface area (Å²) in [4.78, 5) is 46.9. The molecule has 0 radical (unpaired) electrons. The van der Waals surface area contributed by atoms with E-state index in [0.717, 1.165) is 0 Å². The van der Waals surface area contributed by atoms with Crippen molar-refractivity contribution in [1.29, 1.82) is 0 Å². The number of nitrogens with one attached hydrogen (secondary N) is 1. The first-order valence-corrected chi connectivity index (χ1v) is 12.3. The van der Waals surface area contributed by atoms with Gasteiger partial charge in [0.15, 0.2) is 5.65 Å². The summed E-state index contributed by atoms with van der Waals surface area (Å²) < 4.78 is 7.16. The van der Waals surface area contributed by atoms with Crippen LogP contribution in [0.4, 0.5) is 0 Å². The Morgan fingerprint density at radius 2 is 1.86 bits per heavy atom. The molecule has 2 aromatic heterocycles. The van der Waals surface area contributed by atoms with Crippen LogP contribution in [0.5, 0.6) is 5.75 Å². The Balaban J connectivity index is 1.91. The summed E-state index contributed by atoms with van der Waals surface area (Å²) in [6, 6.07) is 13.7. The summed E-state index contributed by atoms with van der Waals surface area (Å²) in [5.74, 6) is 0.607. The molecule has 37 heavy (non-hydrogen) atoms. The van der Waals surface area contributed by atoms with Crippen molar-refractivity contribution in [2.24, 2.45) is 0 Å². The highest BCUT2D eigenvalue weighted by Gasteiger charge is 2.18. The summed E-state index contributed by atoms with van der Waals surface area (Å²) >= 11 is 6.17. The van der Waals surface area contributed by atoms with Gasteiger partial charge in [0.05, 0.1) is 11.5 Å². The molecule has 4 aromatic rings. The zero-order chi connectivity index (χ0) is 26.7. The van der Waals surface area contributed by atoms with Crippen LogP contribution in [0.25, 0.3) is 33.5 Å². The molecular weight excluding hydrogens is 492 g/mol. The van der Waals surface area contributed by atoms with Crippen molar-refractivity contribution < 1.29 is 14.3 Å². The van der Waals surface area contributed by atoms with Crippen LogP contribution in [0.2, 0.25) is 5.02 Å². The Morgan fingerprint density at radius 1 is 1.08 bits per heavy atom. The Labute approximate surface area is 219 Å². The smallest absolute Gasteiger partial charge is 0.263 e. The molecule has 190 valence electrons. The van der Waals surface area contributed by atoms with Crippen molar-refractivity contribution in [2.75, 3.05) is 0 Å². The van der Waals surface area contributed by atoms with E-state index >= 15 is 0 Å². The minimum absolute atomic E-state index is 0.0369. The van der Waals surface area contributed by atoms with E-state index < -0.39 is 5.56 Å². The Morgan fingerprint density at radius 3 is 2.57 bits per heavy atom. The largest absolute Gasteiger partial charge is 0.491 e. The van der Waals surface area contributed by atoms with Gasteiger partial charge < -0.3 is 10.1 Å². The summed E-state index contributed by atoms with van der Waals surface area (Å²) in [5.41, 5.74) is 2.07. The normalized spacial score (nSPS) is 11.2. The molecule has 0 unspecified atom stereocenters. The summed E-state index contributed by atoms with van der Waals surface area (Å²) in [6.07, 6.45) is 2.24. The van der Waals surface area contributed by atoms with Crippen molar-refractivity contribution in [3.8, 4) is 28.3 Å². The van der Waals surface area contributed by atoms with E-state index in [0.29, 0.717) is 45.1 Å². The molecule has 0 aliphatic rings. The van der Waals surface area contributed by atoms with E-state index in [1.165, 1.54) is 4.57 Å². The molecule has 0 saturated heterocycles. The minimum Gasteiger partial charge on any atom is -0.491 e. The second kappa shape index (κ2) is 10.9. The number of benzene rings is 2. The molecule has 8 nitrogen and oxygen atoms in total. The first-order chi connectivity index (χ1) is 17.6. The van der Waals surface area contributed by atoms with Gasteiger partial charge in [-0.05, 0) is 69.7 Å². The Kier molecular flexibility index (Phi) is 7.69. The average Bonchev–Trinajstić information content (AvgIpc) is 2.84. The fraction of sp³-hybridized carbons (Fsp3) is 0.250. The van der Waals surface area contributed by atoms with Crippen LogP contribution in [-0.4, -0.2) is 38.9 Å². The second-order valence-corrected chi connectivity index (χ2v) is 9.67. The quantitative estimate of drug-likeness (QED) is 0.333. The molecule has 2 aromatic carbocycles. The third-order valence-corrected chi connectivity index (χ3v) is 5.63. The molecule has 0 bridgehead atoms. The van der Waals surface area contributed by atoms with Crippen molar-refractivity contribution in [3.63, 3.8) is 0 Å². The molecule has 0 spiro atoms. The lowest BCUT2D eigenvalue weighted by Gasteiger charge is -2.16. The van der Waals surface area contributed by atoms with E-state index in [1.807, 2.05) is 39.8 Å². The van der Waals surface area contributed by atoms with Crippen molar-refractivity contribution >= 4 is 34.8 Å². The van der Waals surface area contributed by atoms with E-state index in [2.05, 4.69) is 15.3 Å². The maximum atomic E-state index is 13.8. The van der Waals surface area contributed by atoms with Crippen molar-refractivity contribution in [1.82, 2.24) is 19.9 Å².